The Balaban J connectivity index is 4.36. The Morgan fingerprint density at radius 1 is 1.21 bits per heavy atom. The van der Waals surface area contributed by atoms with Gasteiger partial charge in [0.05, 0.1) is 6.54 Å². The van der Waals surface area contributed by atoms with Crippen molar-refractivity contribution in [3.63, 3.8) is 0 Å². The molecule has 2 amide bonds. The van der Waals surface area contributed by atoms with Crippen molar-refractivity contribution in [3.8, 4) is 0 Å². The number of nitrogens with zero attached hydrogens (tertiary/aromatic N) is 1. The van der Waals surface area contributed by atoms with Gasteiger partial charge in [0, 0.05) is 19.5 Å². The fraction of sp³-hybridized carbons (Fsp3) is 0.857. The molecule has 0 aromatic rings. The second-order valence-corrected chi connectivity index (χ2v) is 4.88. The lowest BCUT2D eigenvalue weighted by Crippen LogP contribution is -2.42. The number of nitrogens with one attached hydrogen (secondary N) is 1. The second-order valence-electron chi connectivity index (χ2n) is 4.88. The van der Waals surface area contributed by atoms with Gasteiger partial charge in [0.25, 0.3) is 0 Å². The summed E-state index contributed by atoms with van der Waals surface area (Å²) in [5.41, 5.74) is 5.62. The van der Waals surface area contributed by atoms with Crippen molar-refractivity contribution in [1.82, 2.24) is 10.2 Å². The Hall–Kier alpha value is -1.10. The van der Waals surface area contributed by atoms with E-state index >= 15 is 0 Å². The van der Waals surface area contributed by atoms with Gasteiger partial charge >= 0.3 is 0 Å². The summed E-state index contributed by atoms with van der Waals surface area (Å²) in [4.78, 5) is 25.5. The maximum atomic E-state index is 12.2. The summed E-state index contributed by atoms with van der Waals surface area (Å²) in [6.07, 6.45) is 3.09. The minimum absolute atomic E-state index is 0.0331. The van der Waals surface area contributed by atoms with Gasteiger partial charge in [-0.25, -0.2) is 0 Å². The van der Waals surface area contributed by atoms with Crippen LogP contribution in [-0.4, -0.2) is 42.9 Å². The molecule has 0 aliphatic rings. The molecule has 1 atom stereocenters. The van der Waals surface area contributed by atoms with Crippen LogP contribution in [0.15, 0.2) is 0 Å². The van der Waals surface area contributed by atoms with Crippen molar-refractivity contribution >= 4 is 11.8 Å². The first kappa shape index (κ1) is 17.9. The molecule has 0 saturated heterocycles. The molecule has 0 spiro atoms. The molecule has 0 fully saturated rings. The third kappa shape index (κ3) is 7.82. The summed E-state index contributed by atoms with van der Waals surface area (Å²) >= 11 is 0. The van der Waals surface area contributed by atoms with E-state index in [1.165, 1.54) is 0 Å². The van der Waals surface area contributed by atoms with E-state index < -0.39 is 0 Å². The smallest absolute Gasteiger partial charge is 0.239 e. The first-order valence-corrected chi connectivity index (χ1v) is 7.33. The zero-order chi connectivity index (χ0) is 14.7. The molecule has 112 valence electrons. The SMILES string of the molecule is CCCNC(=O)CN(CCC)C(=O)CC(CC)CN. The number of carbonyl (C=O) groups is 2. The minimum Gasteiger partial charge on any atom is -0.355 e. The van der Waals surface area contributed by atoms with E-state index in [0.717, 1.165) is 19.3 Å². The van der Waals surface area contributed by atoms with Crippen LogP contribution in [0, 0.1) is 5.92 Å². The van der Waals surface area contributed by atoms with Gasteiger partial charge in [0.2, 0.25) is 11.8 Å². The Morgan fingerprint density at radius 2 is 1.89 bits per heavy atom. The third-order valence-corrected chi connectivity index (χ3v) is 3.13. The highest BCUT2D eigenvalue weighted by Crippen LogP contribution is 2.09. The molecule has 5 heteroatoms. The maximum absolute atomic E-state index is 12.2. The van der Waals surface area contributed by atoms with Gasteiger partial charge in [-0.3, -0.25) is 9.59 Å². The maximum Gasteiger partial charge on any atom is 0.239 e. The number of hydrogen-bond donors (Lipinski definition) is 2. The van der Waals surface area contributed by atoms with Crippen LogP contribution in [0.1, 0.15) is 46.5 Å². The van der Waals surface area contributed by atoms with Crippen LogP contribution in [-0.2, 0) is 9.59 Å². The summed E-state index contributed by atoms with van der Waals surface area (Å²) in [6, 6.07) is 0. The van der Waals surface area contributed by atoms with E-state index in [9.17, 15) is 9.59 Å². The molecule has 3 N–H and O–H groups in total. The summed E-state index contributed by atoms with van der Waals surface area (Å²) in [5.74, 6) is 0.167. The fourth-order valence-corrected chi connectivity index (χ4v) is 1.83. The molecule has 0 heterocycles. The van der Waals surface area contributed by atoms with E-state index in [1.54, 1.807) is 4.90 Å². The largest absolute Gasteiger partial charge is 0.355 e. The monoisotopic (exact) mass is 271 g/mol. The topological polar surface area (TPSA) is 75.4 Å². The van der Waals surface area contributed by atoms with Crippen molar-refractivity contribution in [1.29, 1.82) is 0 Å². The van der Waals surface area contributed by atoms with Gasteiger partial charge < -0.3 is 16.0 Å². The molecule has 19 heavy (non-hydrogen) atoms. The molecule has 0 saturated carbocycles. The van der Waals surface area contributed by atoms with Crippen LogP contribution in [0.2, 0.25) is 0 Å². The summed E-state index contributed by atoms with van der Waals surface area (Å²) in [6.45, 7) is 8.00. The van der Waals surface area contributed by atoms with Crippen LogP contribution in [0.5, 0.6) is 0 Å². The lowest BCUT2D eigenvalue weighted by Gasteiger charge is -2.23. The van der Waals surface area contributed by atoms with Gasteiger partial charge in [0.15, 0.2) is 0 Å². The van der Waals surface area contributed by atoms with Crippen LogP contribution in [0.4, 0.5) is 0 Å². The van der Waals surface area contributed by atoms with Gasteiger partial charge in [0.1, 0.15) is 0 Å². The quantitative estimate of drug-likeness (QED) is 0.625. The average Bonchev–Trinajstić information content (AvgIpc) is 2.41. The van der Waals surface area contributed by atoms with E-state index in [-0.39, 0.29) is 24.3 Å². The van der Waals surface area contributed by atoms with Gasteiger partial charge in [-0.15, -0.1) is 0 Å². The predicted octanol–water partition coefficient (Wildman–Crippen LogP) is 1.13. The third-order valence-electron chi connectivity index (χ3n) is 3.13. The van der Waals surface area contributed by atoms with Crippen molar-refractivity contribution in [3.05, 3.63) is 0 Å². The van der Waals surface area contributed by atoms with Crippen LogP contribution >= 0.6 is 0 Å². The van der Waals surface area contributed by atoms with Crippen LogP contribution in [0.25, 0.3) is 0 Å². The predicted molar refractivity (Wildman–Crippen MR) is 77.6 cm³/mol. The molecule has 0 rings (SSSR count). The molecule has 1 unspecified atom stereocenters. The Labute approximate surface area is 116 Å². The van der Waals surface area contributed by atoms with Crippen LogP contribution < -0.4 is 11.1 Å². The van der Waals surface area contributed by atoms with Crippen molar-refractivity contribution in [2.45, 2.75) is 46.5 Å². The Bertz CT molecular complexity index is 265. The van der Waals surface area contributed by atoms with Crippen molar-refractivity contribution in [2.24, 2.45) is 11.7 Å². The summed E-state index contributed by atoms with van der Waals surface area (Å²) in [5, 5.41) is 2.80. The van der Waals surface area contributed by atoms with Crippen molar-refractivity contribution < 1.29 is 9.59 Å². The first-order valence-electron chi connectivity index (χ1n) is 7.33. The molecular formula is C14H29N3O2. The standard InChI is InChI=1S/C14H29N3O2/c1-4-7-16-13(18)11-17(8-5-2)14(19)9-12(6-3)10-15/h12H,4-11,15H2,1-3H3,(H,16,18). The van der Waals surface area contributed by atoms with E-state index in [1.807, 2.05) is 20.8 Å². The lowest BCUT2D eigenvalue weighted by atomic mass is 10.0. The first-order chi connectivity index (χ1) is 9.08. The fourth-order valence-electron chi connectivity index (χ4n) is 1.83. The van der Waals surface area contributed by atoms with Gasteiger partial charge in [-0.1, -0.05) is 27.2 Å². The van der Waals surface area contributed by atoms with E-state index in [4.69, 9.17) is 5.73 Å². The van der Waals surface area contributed by atoms with Gasteiger partial charge in [-0.05, 0) is 25.3 Å². The number of hydrogen-bond acceptors (Lipinski definition) is 3. The summed E-state index contributed by atoms with van der Waals surface area (Å²) in [7, 11) is 0. The highest BCUT2D eigenvalue weighted by Gasteiger charge is 2.19. The molecule has 0 aliphatic heterocycles. The zero-order valence-corrected chi connectivity index (χ0v) is 12.6. The number of carbonyl (C=O) groups excluding carboxylic acids is 2. The minimum atomic E-state index is -0.0792. The molecular weight excluding hydrogens is 242 g/mol. The summed E-state index contributed by atoms with van der Waals surface area (Å²) < 4.78 is 0. The molecule has 0 aromatic carbocycles. The van der Waals surface area contributed by atoms with E-state index in [0.29, 0.717) is 26.1 Å². The lowest BCUT2D eigenvalue weighted by molar-refractivity contribution is -0.136. The molecule has 5 nitrogen and oxygen atoms in total. The molecule has 0 radical (unpaired) electrons. The van der Waals surface area contributed by atoms with Crippen molar-refractivity contribution in [2.75, 3.05) is 26.2 Å². The average molecular weight is 271 g/mol. The number of rotatable bonds is 10. The number of nitrogens with two attached hydrogens (primary N) is 1. The second kappa shape index (κ2) is 10.8. The highest BCUT2D eigenvalue weighted by molar-refractivity contribution is 5.84. The molecule has 0 aromatic heterocycles. The van der Waals surface area contributed by atoms with Gasteiger partial charge in [-0.2, -0.15) is 0 Å². The van der Waals surface area contributed by atoms with E-state index in [2.05, 4.69) is 5.32 Å². The zero-order valence-electron chi connectivity index (χ0n) is 12.6. The number of amides is 2. The Morgan fingerprint density at radius 3 is 2.37 bits per heavy atom. The Kier molecular flexibility index (Phi) is 10.2. The molecule has 0 aliphatic carbocycles. The molecule has 0 bridgehead atoms. The normalized spacial score (nSPS) is 12.0. The highest BCUT2D eigenvalue weighted by atomic mass is 16.2. The van der Waals surface area contributed by atoms with Crippen LogP contribution in [0.3, 0.4) is 0 Å².